The van der Waals surface area contributed by atoms with E-state index in [9.17, 15) is 14.4 Å². The van der Waals surface area contributed by atoms with Gasteiger partial charge in [0.25, 0.3) is 5.56 Å². The molecule has 0 spiro atoms. The Morgan fingerprint density at radius 1 is 1.03 bits per heavy atom. The highest BCUT2D eigenvalue weighted by Gasteiger charge is 2.18. The summed E-state index contributed by atoms with van der Waals surface area (Å²) in [5, 5.41) is 5.17. The standard InChI is InChI=1S/C20H13Cl2N3O3S/c21-12-4-3-5-13(10-12)25-19(27)18-16(8-9-29-18)24(20(25)28)11-17(26)23-15-7-2-1-6-14(15)22/h1-10H,11H2,(H,23,26). The monoisotopic (exact) mass is 445 g/mol. The van der Waals surface area contributed by atoms with E-state index in [-0.39, 0.29) is 6.54 Å². The number of halogens is 2. The maximum Gasteiger partial charge on any atom is 0.336 e. The van der Waals surface area contributed by atoms with Gasteiger partial charge in [0.1, 0.15) is 11.2 Å². The molecule has 9 heteroatoms. The molecule has 2 heterocycles. The van der Waals surface area contributed by atoms with Gasteiger partial charge in [-0.1, -0.05) is 41.4 Å². The molecule has 0 fully saturated rings. The smallest absolute Gasteiger partial charge is 0.323 e. The van der Waals surface area contributed by atoms with Crippen LogP contribution >= 0.6 is 34.5 Å². The number of nitrogens with one attached hydrogen (secondary N) is 1. The van der Waals surface area contributed by atoms with Gasteiger partial charge in [-0.05, 0) is 41.8 Å². The second kappa shape index (κ2) is 7.87. The summed E-state index contributed by atoms with van der Waals surface area (Å²) >= 11 is 13.3. The van der Waals surface area contributed by atoms with E-state index in [1.54, 1.807) is 53.9 Å². The largest absolute Gasteiger partial charge is 0.336 e. The van der Waals surface area contributed by atoms with Gasteiger partial charge in [0, 0.05) is 5.02 Å². The third-order valence-corrected chi connectivity index (χ3v) is 5.73. The number of amides is 1. The van der Waals surface area contributed by atoms with Crippen LogP contribution in [0.25, 0.3) is 15.9 Å². The van der Waals surface area contributed by atoms with Crippen LogP contribution in [0, 0.1) is 0 Å². The molecule has 0 radical (unpaired) electrons. The van der Waals surface area contributed by atoms with E-state index in [4.69, 9.17) is 23.2 Å². The van der Waals surface area contributed by atoms with Gasteiger partial charge in [0.15, 0.2) is 0 Å². The number of anilines is 1. The summed E-state index contributed by atoms with van der Waals surface area (Å²) in [6.45, 7) is -0.280. The lowest BCUT2D eigenvalue weighted by atomic mass is 10.3. The Labute approximate surface area is 178 Å². The van der Waals surface area contributed by atoms with Crippen molar-refractivity contribution in [3.63, 3.8) is 0 Å². The zero-order valence-corrected chi connectivity index (χ0v) is 17.1. The van der Waals surface area contributed by atoms with Crippen molar-refractivity contribution in [3.8, 4) is 5.69 Å². The van der Waals surface area contributed by atoms with E-state index in [0.29, 0.717) is 31.6 Å². The Morgan fingerprint density at radius 3 is 2.59 bits per heavy atom. The molecule has 0 aliphatic carbocycles. The van der Waals surface area contributed by atoms with E-state index >= 15 is 0 Å². The second-order valence-corrected chi connectivity index (χ2v) is 7.91. The summed E-state index contributed by atoms with van der Waals surface area (Å²) in [6, 6.07) is 14.9. The van der Waals surface area contributed by atoms with Gasteiger partial charge in [-0.2, -0.15) is 0 Å². The molecule has 0 saturated carbocycles. The van der Waals surface area contributed by atoms with Gasteiger partial charge in [0.2, 0.25) is 5.91 Å². The molecule has 1 amide bonds. The van der Waals surface area contributed by atoms with E-state index in [2.05, 4.69) is 5.32 Å². The van der Waals surface area contributed by atoms with Crippen molar-refractivity contribution in [3.05, 3.63) is 90.9 Å². The predicted molar refractivity (Wildman–Crippen MR) is 117 cm³/mol. The van der Waals surface area contributed by atoms with Crippen molar-refractivity contribution >= 4 is 56.3 Å². The normalized spacial score (nSPS) is 11.0. The quantitative estimate of drug-likeness (QED) is 0.512. The molecule has 2 aromatic carbocycles. The van der Waals surface area contributed by atoms with Crippen molar-refractivity contribution in [2.75, 3.05) is 5.32 Å². The fourth-order valence-electron chi connectivity index (χ4n) is 2.98. The lowest BCUT2D eigenvalue weighted by Gasteiger charge is -2.13. The van der Waals surface area contributed by atoms with Crippen molar-refractivity contribution in [1.82, 2.24) is 9.13 Å². The first-order chi connectivity index (χ1) is 14.0. The number of thiophene rings is 1. The molecule has 29 heavy (non-hydrogen) atoms. The highest BCUT2D eigenvalue weighted by atomic mass is 35.5. The molecule has 2 aromatic heterocycles. The molecule has 146 valence electrons. The summed E-state index contributed by atoms with van der Waals surface area (Å²) in [4.78, 5) is 38.6. The zero-order valence-electron chi connectivity index (χ0n) is 14.8. The van der Waals surface area contributed by atoms with Crippen LogP contribution in [0.15, 0.2) is 69.6 Å². The van der Waals surface area contributed by atoms with Gasteiger partial charge in [-0.15, -0.1) is 11.3 Å². The van der Waals surface area contributed by atoms with Crippen LogP contribution in [0.3, 0.4) is 0 Å². The topological polar surface area (TPSA) is 73.1 Å². The molecule has 1 N–H and O–H groups in total. The summed E-state index contributed by atoms with van der Waals surface area (Å²) in [5.74, 6) is -0.441. The first kappa shape index (κ1) is 19.4. The highest BCUT2D eigenvalue weighted by molar-refractivity contribution is 7.17. The number of para-hydroxylation sites is 1. The third kappa shape index (κ3) is 3.72. The fourth-order valence-corrected chi connectivity index (χ4v) is 4.17. The number of aromatic nitrogens is 2. The molecule has 6 nitrogen and oxygen atoms in total. The number of hydrogen-bond donors (Lipinski definition) is 1. The first-order valence-electron chi connectivity index (χ1n) is 8.49. The zero-order chi connectivity index (χ0) is 20.5. The Morgan fingerprint density at radius 2 is 1.83 bits per heavy atom. The summed E-state index contributed by atoms with van der Waals surface area (Å²) < 4.78 is 2.66. The van der Waals surface area contributed by atoms with Crippen LogP contribution in [0.1, 0.15) is 0 Å². The summed E-state index contributed by atoms with van der Waals surface area (Å²) in [6.07, 6.45) is 0. The average molecular weight is 446 g/mol. The maximum absolute atomic E-state index is 13.1. The van der Waals surface area contributed by atoms with Crippen molar-refractivity contribution in [2.45, 2.75) is 6.54 Å². The number of fused-ring (bicyclic) bond motifs is 1. The van der Waals surface area contributed by atoms with Gasteiger partial charge in [-0.25, -0.2) is 9.36 Å². The van der Waals surface area contributed by atoms with Crippen molar-refractivity contribution < 1.29 is 4.79 Å². The van der Waals surface area contributed by atoms with E-state index < -0.39 is 17.2 Å². The lowest BCUT2D eigenvalue weighted by molar-refractivity contribution is -0.116. The Balaban J connectivity index is 1.81. The summed E-state index contributed by atoms with van der Waals surface area (Å²) in [7, 11) is 0. The molecule has 4 aromatic rings. The lowest BCUT2D eigenvalue weighted by Crippen LogP contribution is -2.40. The van der Waals surface area contributed by atoms with Gasteiger partial charge >= 0.3 is 5.69 Å². The van der Waals surface area contributed by atoms with Crippen LogP contribution in [0.2, 0.25) is 10.0 Å². The Kier molecular flexibility index (Phi) is 5.27. The maximum atomic E-state index is 13.1. The van der Waals surface area contributed by atoms with Crippen molar-refractivity contribution in [1.29, 1.82) is 0 Å². The SMILES string of the molecule is O=C(Cn1c(=O)n(-c2cccc(Cl)c2)c(=O)c2sccc21)Nc1ccccc1Cl. The number of benzene rings is 2. The fraction of sp³-hybridized carbons (Fsp3) is 0.0500. The minimum absolute atomic E-state index is 0.280. The Hall–Kier alpha value is -2.87. The molecule has 0 bridgehead atoms. The predicted octanol–water partition coefficient (Wildman–Crippen LogP) is 4.16. The van der Waals surface area contributed by atoms with Crippen LogP contribution in [0.4, 0.5) is 5.69 Å². The van der Waals surface area contributed by atoms with E-state index in [0.717, 1.165) is 4.57 Å². The van der Waals surface area contributed by atoms with Gasteiger partial charge in [0.05, 0.1) is 21.9 Å². The highest BCUT2D eigenvalue weighted by Crippen LogP contribution is 2.21. The minimum atomic E-state index is -0.627. The first-order valence-corrected chi connectivity index (χ1v) is 10.1. The number of carbonyl (C=O) groups is 1. The van der Waals surface area contributed by atoms with E-state index in [1.165, 1.54) is 22.0 Å². The molecule has 0 atom stereocenters. The van der Waals surface area contributed by atoms with Gasteiger partial charge < -0.3 is 5.32 Å². The van der Waals surface area contributed by atoms with Crippen LogP contribution in [0.5, 0.6) is 0 Å². The van der Waals surface area contributed by atoms with Crippen molar-refractivity contribution in [2.24, 2.45) is 0 Å². The average Bonchev–Trinajstić information content (AvgIpc) is 3.17. The minimum Gasteiger partial charge on any atom is -0.323 e. The molecule has 0 aliphatic heterocycles. The molecular formula is C20H13Cl2N3O3S. The van der Waals surface area contributed by atoms with Crippen LogP contribution < -0.4 is 16.6 Å². The summed E-state index contributed by atoms with van der Waals surface area (Å²) in [5.41, 5.74) is 0.0973. The number of nitrogens with zero attached hydrogens (tertiary/aromatic N) is 2. The number of carbonyl (C=O) groups excluding carboxylic acids is 1. The van der Waals surface area contributed by atoms with Crippen LogP contribution in [-0.2, 0) is 11.3 Å². The molecule has 0 saturated heterocycles. The van der Waals surface area contributed by atoms with Crippen LogP contribution in [-0.4, -0.2) is 15.0 Å². The molecule has 4 rings (SSSR count). The Bertz CT molecular complexity index is 1360. The molecule has 0 aliphatic rings. The van der Waals surface area contributed by atoms with E-state index in [1.807, 2.05) is 0 Å². The molecule has 0 unspecified atom stereocenters. The molecular weight excluding hydrogens is 433 g/mol. The second-order valence-electron chi connectivity index (χ2n) is 6.15. The van der Waals surface area contributed by atoms with Gasteiger partial charge in [-0.3, -0.25) is 14.2 Å². The number of hydrogen-bond acceptors (Lipinski definition) is 4. The number of rotatable bonds is 4. The third-order valence-electron chi connectivity index (χ3n) is 4.27.